The topological polar surface area (TPSA) is 0 Å². The van der Waals surface area contributed by atoms with Crippen molar-refractivity contribution in [3.63, 3.8) is 0 Å². The SMILES string of the molecule is CC1(C)c2ccccc2-c2cc(-c3ccc4c(c3)-c3cccc(C(CC5=CC=CCC5)C5=CCC(C6=CCCC=C6)C=C5)c3-c3ccccc3-c3ccc(-c5ccc6c(c5)-c5ccccc5C6(C)C)cc3C43c4ccccc4-c4ccccc43)ccc21. The molecule has 17 rings (SSSR count). The Balaban J connectivity index is 0.973. The monoisotopic (exact) mass is 1110 g/mol. The van der Waals surface area contributed by atoms with Crippen LogP contribution in [0.4, 0.5) is 0 Å². The first-order valence-electron chi connectivity index (χ1n) is 32.0. The fourth-order valence-corrected chi connectivity index (χ4v) is 17.2. The third-order valence-electron chi connectivity index (χ3n) is 21.4. The fraction of sp³-hybridized carbons (Fsp3) is 0.172. The fourth-order valence-electron chi connectivity index (χ4n) is 17.2. The molecule has 2 unspecified atom stereocenters. The summed E-state index contributed by atoms with van der Waals surface area (Å²) in [7, 11) is 0. The van der Waals surface area contributed by atoms with Crippen LogP contribution < -0.4 is 0 Å². The van der Waals surface area contributed by atoms with E-state index < -0.39 is 5.41 Å². The average Bonchev–Trinajstić information content (AvgIpc) is 1.78. The predicted octanol–water partition coefficient (Wildman–Crippen LogP) is 22.8. The predicted molar refractivity (Wildman–Crippen MR) is 365 cm³/mol. The Morgan fingerprint density at radius 1 is 0.391 bits per heavy atom. The Bertz CT molecular complexity index is 4710. The third kappa shape index (κ3) is 7.82. The van der Waals surface area contributed by atoms with Crippen molar-refractivity contribution in [3.05, 3.63) is 334 Å². The molecule has 0 bridgehead atoms. The first kappa shape index (κ1) is 52.0. The molecule has 0 radical (unpaired) electrons. The highest BCUT2D eigenvalue weighted by atomic mass is 14.5. The second-order valence-electron chi connectivity index (χ2n) is 26.7. The van der Waals surface area contributed by atoms with Crippen LogP contribution in [0.25, 0.3) is 89.0 Å². The number of rotatable bonds is 7. The first-order valence-corrected chi connectivity index (χ1v) is 32.0. The van der Waals surface area contributed by atoms with Crippen LogP contribution in [-0.4, -0.2) is 0 Å². The van der Waals surface area contributed by atoms with Crippen molar-refractivity contribution < 1.29 is 0 Å². The quantitative estimate of drug-likeness (QED) is 0.149. The van der Waals surface area contributed by atoms with Crippen LogP contribution in [0.1, 0.15) is 122 Å². The summed E-state index contributed by atoms with van der Waals surface area (Å²) in [4.78, 5) is 0. The number of allylic oxidation sites excluding steroid dienone is 12. The van der Waals surface area contributed by atoms with Gasteiger partial charge in [-0.3, -0.25) is 0 Å². The van der Waals surface area contributed by atoms with Crippen molar-refractivity contribution in [2.75, 3.05) is 0 Å². The molecule has 0 saturated heterocycles. The van der Waals surface area contributed by atoms with E-state index in [-0.39, 0.29) is 16.7 Å². The van der Waals surface area contributed by atoms with Gasteiger partial charge in [-0.05, 0) is 213 Å². The molecular weight excluding hydrogens is 1040 g/mol. The smallest absolute Gasteiger partial charge is 0.0725 e. The van der Waals surface area contributed by atoms with Gasteiger partial charge in [-0.25, -0.2) is 0 Å². The van der Waals surface area contributed by atoms with Gasteiger partial charge >= 0.3 is 0 Å². The van der Waals surface area contributed by atoms with E-state index >= 15 is 0 Å². The lowest BCUT2D eigenvalue weighted by molar-refractivity contribution is 0.660. The molecule has 7 aliphatic rings. The van der Waals surface area contributed by atoms with Gasteiger partial charge in [0.1, 0.15) is 0 Å². The van der Waals surface area contributed by atoms with Crippen LogP contribution in [-0.2, 0) is 16.2 Å². The molecule has 2 atom stereocenters. The van der Waals surface area contributed by atoms with Crippen LogP contribution in [0.15, 0.2) is 284 Å². The van der Waals surface area contributed by atoms with E-state index in [4.69, 9.17) is 0 Å². The van der Waals surface area contributed by atoms with E-state index in [1.165, 1.54) is 156 Å². The van der Waals surface area contributed by atoms with Gasteiger partial charge in [-0.2, -0.15) is 0 Å². The van der Waals surface area contributed by atoms with Crippen molar-refractivity contribution in [1.29, 1.82) is 0 Å². The highest BCUT2D eigenvalue weighted by Gasteiger charge is 2.50. The van der Waals surface area contributed by atoms with Crippen molar-refractivity contribution in [2.24, 2.45) is 5.92 Å². The van der Waals surface area contributed by atoms with E-state index in [9.17, 15) is 0 Å². The molecule has 10 aromatic carbocycles. The van der Waals surface area contributed by atoms with E-state index in [1.807, 2.05) is 0 Å². The van der Waals surface area contributed by atoms with Gasteiger partial charge in [0.05, 0.1) is 5.41 Å². The highest BCUT2D eigenvalue weighted by Crippen LogP contribution is 2.63. The van der Waals surface area contributed by atoms with Crippen molar-refractivity contribution in [1.82, 2.24) is 0 Å². The van der Waals surface area contributed by atoms with Gasteiger partial charge in [-0.1, -0.05) is 276 Å². The number of fused-ring (bicyclic) bond motifs is 20. The van der Waals surface area contributed by atoms with E-state index in [0.29, 0.717) is 5.92 Å². The Morgan fingerprint density at radius 2 is 0.885 bits per heavy atom. The van der Waals surface area contributed by atoms with Gasteiger partial charge in [0, 0.05) is 22.7 Å². The standard InChI is InChI=1S/C87H70/c1-85(2)76-34-17-13-29-66(76)73-51-59(43-47-78(73)85)60-45-49-82-75(53-60)71-33-21-32-70(72(50-55-22-7-5-8-23-55)58-40-38-57(39-41-58)56-24-9-6-10-25-56)84(71)69-31-12-11-26-63(69)68-46-42-62(61-44-48-79-74(52-61)67-30-14-18-35-77(67)86(79,3)4)54-83(68)87(82)80-36-19-15-27-64(80)65-28-16-20-37-81(65)87/h5,7,9,11-22,24-38,40-49,51-54,57,72H,6,8,10,23,39,50H2,1-4H3. The van der Waals surface area contributed by atoms with E-state index in [0.717, 1.165) is 38.5 Å². The minimum Gasteiger partial charge on any atom is -0.0842 e. The summed E-state index contributed by atoms with van der Waals surface area (Å²) >= 11 is 0. The molecule has 0 saturated carbocycles. The Kier molecular flexibility index (Phi) is 11.9. The Morgan fingerprint density at radius 3 is 1.46 bits per heavy atom. The molecule has 7 aliphatic carbocycles. The van der Waals surface area contributed by atoms with E-state index in [2.05, 4.69) is 295 Å². The highest BCUT2D eigenvalue weighted by molar-refractivity contribution is 6.02. The summed E-state index contributed by atoms with van der Waals surface area (Å²) in [5.74, 6) is 0.506. The molecule has 0 heteroatoms. The molecule has 0 aliphatic heterocycles. The molecule has 10 aromatic rings. The second-order valence-corrected chi connectivity index (χ2v) is 26.7. The zero-order valence-corrected chi connectivity index (χ0v) is 50.3. The minimum atomic E-state index is -0.742. The Labute approximate surface area is 514 Å². The van der Waals surface area contributed by atoms with Crippen LogP contribution >= 0.6 is 0 Å². The molecule has 418 valence electrons. The maximum Gasteiger partial charge on any atom is 0.0725 e. The molecule has 87 heavy (non-hydrogen) atoms. The summed E-state index contributed by atoms with van der Waals surface area (Å²) in [5, 5.41) is 0. The van der Waals surface area contributed by atoms with Gasteiger partial charge in [-0.15, -0.1) is 0 Å². The lowest BCUT2D eigenvalue weighted by atomic mass is 9.64. The molecule has 0 N–H and O–H groups in total. The maximum atomic E-state index is 2.61. The zero-order chi connectivity index (χ0) is 58.2. The normalized spacial score (nSPS) is 18.1. The maximum absolute atomic E-state index is 2.61. The average molecular weight is 1120 g/mol. The van der Waals surface area contributed by atoms with Gasteiger partial charge in [0.2, 0.25) is 0 Å². The minimum absolute atomic E-state index is 0.0863. The van der Waals surface area contributed by atoms with Crippen LogP contribution in [0.3, 0.4) is 0 Å². The molecule has 0 heterocycles. The van der Waals surface area contributed by atoms with Gasteiger partial charge in [0.15, 0.2) is 0 Å². The first-order chi connectivity index (χ1) is 42.7. The Hall–Kier alpha value is -9.36. The molecular formula is C87H70. The molecule has 0 fully saturated rings. The molecule has 0 nitrogen and oxygen atoms in total. The summed E-state index contributed by atoms with van der Waals surface area (Å²) in [6, 6.07) is 83.5. The molecule has 1 spiro atoms. The van der Waals surface area contributed by atoms with Crippen LogP contribution in [0, 0.1) is 5.92 Å². The van der Waals surface area contributed by atoms with Crippen molar-refractivity contribution >= 4 is 0 Å². The summed E-state index contributed by atoms with van der Waals surface area (Å²) < 4.78 is 0. The van der Waals surface area contributed by atoms with Crippen LogP contribution in [0.5, 0.6) is 0 Å². The summed E-state index contributed by atoms with van der Waals surface area (Å²) in [6.45, 7) is 9.55. The number of hydrogen-bond donors (Lipinski definition) is 0. The van der Waals surface area contributed by atoms with Crippen molar-refractivity contribution in [3.8, 4) is 89.0 Å². The molecule has 0 amide bonds. The summed E-state index contributed by atoms with van der Waals surface area (Å²) in [5.41, 5.74) is 36.2. The van der Waals surface area contributed by atoms with E-state index in [1.54, 1.807) is 0 Å². The summed E-state index contributed by atoms with van der Waals surface area (Å²) in [6.07, 6.45) is 28.3. The lowest BCUT2D eigenvalue weighted by Gasteiger charge is -2.37. The zero-order valence-electron chi connectivity index (χ0n) is 50.3. The largest absolute Gasteiger partial charge is 0.0842 e. The van der Waals surface area contributed by atoms with Crippen molar-refractivity contribution in [2.45, 2.75) is 88.4 Å². The van der Waals surface area contributed by atoms with Gasteiger partial charge < -0.3 is 0 Å². The lowest BCUT2D eigenvalue weighted by Crippen LogP contribution is -2.30. The second kappa shape index (κ2) is 19.8. The number of hydrogen-bond acceptors (Lipinski definition) is 0. The molecule has 0 aromatic heterocycles. The number of benzene rings is 10. The van der Waals surface area contributed by atoms with Crippen LogP contribution in [0.2, 0.25) is 0 Å². The third-order valence-corrected chi connectivity index (χ3v) is 21.4. The van der Waals surface area contributed by atoms with Gasteiger partial charge in [0.25, 0.3) is 0 Å².